The van der Waals surface area contributed by atoms with Crippen molar-refractivity contribution in [2.24, 2.45) is 0 Å². The molecule has 148 valence electrons. The molecule has 0 fully saturated rings. The summed E-state index contributed by atoms with van der Waals surface area (Å²) in [4.78, 5) is 28.1. The Hall–Kier alpha value is -2.87. The topological polar surface area (TPSA) is 86.8 Å². The fourth-order valence-electron chi connectivity index (χ4n) is 3.51. The minimum absolute atomic E-state index is 0.0874. The molecular weight excluding hydrogens is 378 g/mol. The number of sulfone groups is 1. The van der Waals surface area contributed by atoms with Crippen LogP contribution in [0.5, 0.6) is 0 Å². The minimum atomic E-state index is -3.27. The van der Waals surface area contributed by atoms with Gasteiger partial charge in [-0.05, 0) is 42.3 Å². The van der Waals surface area contributed by atoms with Crippen LogP contribution < -0.4 is 15.1 Å². The average molecular weight is 401 g/mol. The van der Waals surface area contributed by atoms with Crippen LogP contribution in [0.25, 0.3) is 11.1 Å². The van der Waals surface area contributed by atoms with Crippen LogP contribution in [0.15, 0.2) is 47.4 Å². The van der Waals surface area contributed by atoms with Crippen molar-refractivity contribution in [1.82, 2.24) is 5.32 Å². The van der Waals surface area contributed by atoms with Gasteiger partial charge in [0, 0.05) is 26.8 Å². The predicted molar refractivity (Wildman–Crippen MR) is 109 cm³/mol. The minimum Gasteiger partial charge on any atom is -0.341 e. The molecule has 0 saturated carbocycles. The molecule has 8 heteroatoms. The number of hydrogen-bond donors (Lipinski definition) is 1. The van der Waals surface area contributed by atoms with Crippen molar-refractivity contribution in [3.05, 3.63) is 42.5 Å². The van der Waals surface area contributed by atoms with E-state index in [-0.39, 0.29) is 22.9 Å². The summed E-state index contributed by atoms with van der Waals surface area (Å²) >= 11 is 0. The van der Waals surface area contributed by atoms with E-state index in [0.29, 0.717) is 17.9 Å². The lowest BCUT2D eigenvalue weighted by Crippen LogP contribution is -2.53. The van der Waals surface area contributed by atoms with E-state index in [0.717, 1.165) is 11.1 Å². The molecule has 1 aliphatic heterocycles. The molecule has 0 saturated heterocycles. The number of nitrogens with zero attached hydrogens (tertiary/aromatic N) is 2. The van der Waals surface area contributed by atoms with Gasteiger partial charge in [-0.2, -0.15) is 0 Å². The third-order valence-corrected chi connectivity index (χ3v) is 5.96. The summed E-state index contributed by atoms with van der Waals surface area (Å²) in [5.74, 6) is -0.0874. The third kappa shape index (κ3) is 3.60. The van der Waals surface area contributed by atoms with Gasteiger partial charge in [0.2, 0.25) is 5.91 Å². The Bertz CT molecular complexity index is 1030. The Kier molecular flexibility index (Phi) is 5.16. The Morgan fingerprint density at radius 3 is 2.18 bits per heavy atom. The zero-order chi connectivity index (χ0) is 20.6. The van der Waals surface area contributed by atoms with Crippen LogP contribution in [0.4, 0.5) is 16.2 Å². The number of rotatable bonds is 2. The number of nitrogens with one attached hydrogen (secondary N) is 1. The maximum Gasteiger partial charge on any atom is 0.321 e. The Labute approximate surface area is 164 Å². The number of benzene rings is 2. The second-order valence-electron chi connectivity index (χ2n) is 6.90. The second kappa shape index (κ2) is 7.27. The fraction of sp³-hybridized carbons (Fsp3) is 0.300. The SMILES string of the molecule is CNC(=O)N1C[C@H](C)N(C(C)=O)c2ccc(-c3ccc(S(C)(=O)=O)cc3)cc21. The average Bonchev–Trinajstić information content (AvgIpc) is 2.65. The van der Waals surface area contributed by atoms with Gasteiger partial charge >= 0.3 is 6.03 Å². The fourth-order valence-corrected chi connectivity index (χ4v) is 4.14. The molecule has 3 rings (SSSR count). The summed E-state index contributed by atoms with van der Waals surface area (Å²) in [6.07, 6.45) is 1.17. The maximum atomic E-state index is 12.4. The highest BCUT2D eigenvalue weighted by Crippen LogP contribution is 2.39. The Morgan fingerprint density at radius 1 is 1.04 bits per heavy atom. The number of amides is 3. The highest BCUT2D eigenvalue weighted by atomic mass is 32.2. The van der Waals surface area contributed by atoms with E-state index in [4.69, 9.17) is 0 Å². The molecule has 0 aliphatic carbocycles. The molecule has 0 unspecified atom stereocenters. The van der Waals surface area contributed by atoms with Gasteiger partial charge in [-0.25, -0.2) is 13.2 Å². The number of urea groups is 1. The predicted octanol–water partition coefficient (Wildman–Crippen LogP) is 2.66. The molecule has 1 heterocycles. The molecule has 2 aromatic carbocycles. The Balaban J connectivity index is 2.10. The van der Waals surface area contributed by atoms with Gasteiger partial charge in [0.05, 0.1) is 22.3 Å². The van der Waals surface area contributed by atoms with Gasteiger partial charge in [0.25, 0.3) is 0 Å². The lowest BCUT2D eigenvalue weighted by molar-refractivity contribution is -0.117. The number of fused-ring (bicyclic) bond motifs is 1. The molecule has 3 amide bonds. The zero-order valence-electron chi connectivity index (χ0n) is 16.3. The maximum absolute atomic E-state index is 12.4. The van der Waals surface area contributed by atoms with Crippen molar-refractivity contribution in [3.63, 3.8) is 0 Å². The Morgan fingerprint density at radius 2 is 1.64 bits per heavy atom. The number of carbonyl (C=O) groups excluding carboxylic acids is 2. The van der Waals surface area contributed by atoms with Gasteiger partial charge < -0.3 is 10.2 Å². The summed E-state index contributed by atoms with van der Waals surface area (Å²) in [6.45, 7) is 3.79. The molecule has 0 bridgehead atoms. The van der Waals surface area contributed by atoms with Gasteiger partial charge in [-0.1, -0.05) is 18.2 Å². The first-order valence-corrected chi connectivity index (χ1v) is 10.8. The zero-order valence-corrected chi connectivity index (χ0v) is 17.1. The van der Waals surface area contributed by atoms with Crippen molar-refractivity contribution in [3.8, 4) is 11.1 Å². The molecule has 1 N–H and O–H groups in total. The number of hydrogen-bond acceptors (Lipinski definition) is 4. The standard InChI is InChI=1S/C20H23N3O4S/c1-13-12-22(20(25)21-3)19-11-16(7-10-18(19)23(13)14(2)24)15-5-8-17(9-6-15)28(4,26)27/h5-11,13H,12H2,1-4H3,(H,21,25)/t13-/m0/s1. The van der Waals surface area contributed by atoms with E-state index >= 15 is 0 Å². The van der Waals surface area contributed by atoms with E-state index in [1.54, 1.807) is 41.1 Å². The summed E-state index contributed by atoms with van der Waals surface area (Å²) in [7, 11) is -1.70. The normalized spacial score (nSPS) is 16.5. The monoisotopic (exact) mass is 401 g/mol. The van der Waals surface area contributed by atoms with Crippen LogP contribution >= 0.6 is 0 Å². The van der Waals surface area contributed by atoms with Crippen LogP contribution in [0.2, 0.25) is 0 Å². The summed E-state index contributed by atoms with van der Waals surface area (Å²) in [6, 6.07) is 11.7. The van der Waals surface area contributed by atoms with E-state index in [1.807, 2.05) is 25.1 Å². The lowest BCUT2D eigenvalue weighted by Gasteiger charge is -2.40. The summed E-state index contributed by atoms with van der Waals surface area (Å²) in [5, 5.41) is 2.64. The van der Waals surface area contributed by atoms with Crippen molar-refractivity contribution < 1.29 is 18.0 Å². The highest BCUT2D eigenvalue weighted by molar-refractivity contribution is 7.90. The van der Waals surface area contributed by atoms with Crippen molar-refractivity contribution in [1.29, 1.82) is 0 Å². The molecule has 0 aromatic heterocycles. The van der Waals surface area contributed by atoms with Gasteiger partial charge in [0.1, 0.15) is 0 Å². The number of carbonyl (C=O) groups is 2. The summed E-state index contributed by atoms with van der Waals surface area (Å²) in [5.41, 5.74) is 2.95. The van der Waals surface area contributed by atoms with E-state index in [2.05, 4.69) is 5.32 Å². The van der Waals surface area contributed by atoms with Gasteiger partial charge in [-0.3, -0.25) is 9.69 Å². The smallest absolute Gasteiger partial charge is 0.321 e. The van der Waals surface area contributed by atoms with Crippen molar-refractivity contribution in [2.75, 3.05) is 29.6 Å². The van der Waals surface area contributed by atoms with E-state index in [1.165, 1.54) is 13.2 Å². The molecule has 28 heavy (non-hydrogen) atoms. The molecular formula is C20H23N3O4S. The molecule has 0 radical (unpaired) electrons. The highest BCUT2D eigenvalue weighted by Gasteiger charge is 2.33. The van der Waals surface area contributed by atoms with E-state index in [9.17, 15) is 18.0 Å². The van der Waals surface area contributed by atoms with Crippen LogP contribution in [0.1, 0.15) is 13.8 Å². The first kappa shape index (κ1) is 19.9. The molecule has 1 aliphatic rings. The van der Waals surface area contributed by atoms with E-state index < -0.39 is 9.84 Å². The molecule has 7 nitrogen and oxygen atoms in total. The van der Waals surface area contributed by atoms with Crippen molar-refractivity contribution in [2.45, 2.75) is 24.8 Å². The largest absolute Gasteiger partial charge is 0.341 e. The van der Waals surface area contributed by atoms with Crippen LogP contribution in [0, 0.1) is 0 Å². The van der Waals surface area contributed by atoms with Crippen molar-refractivity contribution >= 4 is 33.2 Å². The lowest BCUT2D eigenvalue weighted by atomic mass is 10.0. The quantitative estimate of drug-likeness (QED) is 0.838. The second-order valence-corrected chi connectivity index (χ2v) is 8.92. The van der Waals surface area contributed by atoms with Gasteiger partial charge in [0.15, 0.2) is 9.84 Å². The van der Waals surface area contributed by atoms with Crippen LogP contribution in [-0.2, 0) is 14.6 Å². The third-order valence-electron chi connectivity index (χ3n) is 4.83. The molecule has 1 atom stereocenters. The van der Waals surface area contributed by atoms with Crippen LogP contribution in [0.3, 0.4) is 0 Å². The van der Waals surface area contributed by atoms with Crippen LogP contribution in [-0.4, -0.2) is 46.2 Å². The molecule has 2 aromatic rings. The van der Waals surface area contributed by atoms with Gasteiger partial charge in [-0.15, -0.1) is 0 Å². The first-order valence-electron chi connectivity index (χ1n) is 8.87. The molecule has 0 spiro atoms. The first-order chi connectivity index (χ1) is 13.1. The summed E-state index contributed by atoms with van der Waals surface area (Å²) < 4.78 is 23.3. The number of anilines is 2.